The van der Waals surface area contributed by atoms with E-state index in [1.54, 1.807) is 0 Å². The van der Waals surface area contributed by atoms with Crippen LogP contribution in [0.4, 0.5) is 0 Å². The lowest BCUT2D eigenvalue weighted by molar-refractivity contribution is -0.159. The van der Waals surface area contributed by atoms with Gasteiger partial charge in [0.25, 0.3) is 5.91 Å². The summed E-state index contributed by atoms with van der Waals surface area (Å²) in [5.74, 6) is -0.211. The summed E-state index contributed by atoms with van der Waals surface area (Å²) in [6.45, 7) is 6.88. The van der Waals surface area contributed by atoms with Crippen molar-refractivity contribution in [2.45, 2.75) is 45.3 Å². The van der Waals surface area contributed by atoms with Crippen LogP contribution in [0.25, 0.3) is 10.9 Å². The van der Waals surface area contributed by atoms with E-state index in [0.717, 1.165) is 26.0 Å². The molecule has 0 saturated carbocycles. The van der Waals surface area contributed by atoms with Gasteiger partial charge in [-0.1, -0.05) is 48.5 Å². The number of rotatable bonds is 8. The van der Waals surface area contributed by atoms with Gasteiger partial charge in [0.1, 0.15) is 0 Å². The maximum atomic E-state index is 13.3. The van der Waals surface area contributed by atoms with E-state index >= 15 is 0 Å². The van der Waals surface area contributed by atoms with Crippen molar-refractivity contribution in [3.63, 3.8) is 0 Å². The molecule has 1 atom stereocenters. The largest absolute Gasteiger partial charge is 0.447 e. The maximum absolute atomic E-state index is 13.3. The highest BCUT2D eigenvalue weighted by atomic mass is 16.5. The molecule has 6 heteroatoms. The molecule has 174 valence electrons. The summed E-state index contributed by atoms with van der Waals surface area (Å²) < 4.78 is 13.3. The van der Waals surface area contributed by atoms with Crippen molar-refractivity contribution in [2.24, 2.45) is 0 Å². The molecule has 1 amide bonds. The van der Waals surface area contributed by atoms with Gasteiger partial charge < -0.3 is 18.9 Å². The van der Waals surface area contributed by atoms with Gasteiger partial charge in [-0.05, 0) is 37.3 Å². The highest BCUT2D eigenvalue weighted by molar-refractivity contribution is 5.86. The Kier molecular flexibility index (Phi) is 7.45. The van der Waals surface area contributed by atoms with Gasteiger partial charge >= 0.3 is 5.97 Å². The number of likely N-dealkylation sites (tertiary alicyclic amines) is 1. The van der Waals surface area contributed by atoms with Gasteiger partial charge in [-0.25, -0.2) is 0 Å². The molecule has 6 nitrogen and oxygen atoms in total. The minimum Gasteiger partial charge on any atom is -0.447 e. The Morgan fingerprint density at radius 1 is 1.03 bits per heavy atom. The first kappa shape index (κ1) is 23.1. The van der Waals surface area contributed by atoms with Crippen molar-refractivity contribution in [2.75, 3.05) is 26.3 Å². The number of hydrogen-bond donors (Lipinski definition) is 0. The van der Waals surface area contributed by atoms with Crippen LogP contribution in [0.2, 0.25) is 0 Å². The molecule has 1 aromatic heterocycles. The average molecular weight is 449 g/mol. The molecule has 1 aliphatic rings. The maximum Gasteiger partial charge on any atom is 0.303 e. The zero-order valence-corrected chi connectivity index (χ0v) is 19.4. The fourth-order valence-corrected chi connectivity index (χ4v) is 4.72. The van der Waals surface area contributed by atoms with E-state index in [0.29, 0.717) is 31.2 Å². The molecule has 3 aromatic rings. The zero-order valence-electron chi connectivity index (χ0n) is 19.4. The van der Waals surface area contributed by atoms with Crippen molar-refractivity contribution in [1.82, 2.24) is 9.47 Å². The number of aromatic nitrogens is 1. The number of benzene rings is 2. The SMILES string of the molecule is CCOCCn1cc(C2CCN(C(=O)C(OC(C)=O)c3ccccc3)CC2)c2ccccc21. The van der Waals surface area contributed by atoms with Crippen molar-refractivity contribution in [1.29, 1.82) is 0 Å². The molecule has 33 heavy (non-hydrogen) atoms. The Hall–Kier alpha value is -3.12. The molecule has 1 unspecified atom stereocenters. The van der Waals surface area contributed by atoms with Gasteiger partial charge in [-0.2, -0.15) is 0 Å². The smallest absolute Gasteiger partial charge is 0.303 e. The lowest BCUT2D eigenvalue weighted by atomic mass is 9.89. The molecule has 0 bridgehead atoms. The molecule has 1 saturated heterocycles. The van der Waals surface area contributed by atoms with Crippen molar-refractivity contribution < 1.29 is 19.1 Å². The summed E-state index contributed by atoms with van der Waals surface area (Å²) in [5, 5.41) is 1.28. The first-order valence-corrected chi connectivity index (χ1v) is 11.7. The minimum atomic E-state index is -0.888. The number of esters is 1. The number of amides is 1. The first-order chi connectivity index (χ1) is 16.1. The molecular formula is C27H32N2O4. The van der Waals surface area contributed by atoms with Crippen LogP contribution in [0.1, 0.15) is 49.8 Å². The van der Waals surface area contributed by atoms with Crippen LogP contribution >= 0.6 is 0 Å². The topological polar surface area (TPSA) is 60.8 Å². The van der Waals surface area contributed by atoms with Crippen molar-refractivity contribution in [3.8, 4) is 0 Å². The molecule has 0 N–H and O–H groups in total. The highest BCUT2D eigenvalue weighted by Crippen LogP contribution is 2.35. The van der Waals surface area contributed by atoms with E-state index in [9.17, 15) is 9.59 Å². The Labute approximate surface area is 195 Å². The second kappa shape index (κ2) is 10.7. The third-order valence-corrected chi connectivity index (χ3v) is 6.36. The average Bonchev–Trinajstić information content (AvgIpc) is 3.21. The number of piperidine rings is 1. The number of carbonyl (C=O) groups is 2. The van der Waals surface area contributed by atoms with Crippen LogP contribution in [-0.2, 0) is 25.6 Å². The second-order valence-electron chi connectivity index (χ2n) is 8.49. The third-order valence-electron chi connectivity index (χ3n) is 6.36. The van der Waals surface area contributed by atoms with E-state index in [2.05, 4.69) is 35.0 Å². The van der Waals surface area contributed by atoms with Gasteiger partial charge in [0.2, 0.25) is 6.10 Å². The fourth-order valence-electron chi connectivity index (χ4n) is 4.72. The van der Waals surface area contributed by atoms with E-state index < -0.39 is 12.1 Å². The van der Waals surface area contributed by atoms with Crippen LogP contribution < -0.4 is 0 Å². The summed E-state index contributed by atoms with van der Waals surface area (Å²) in [4.78, 5) is 26.8. The van der Waals surface area contributed by atoms with Gasteiger partial charge in [0.15, 0.2) is 0 Å². The number of nitrogens with zero attached hydrogens (tertiary/aromatic N) is 2. The first-order valence-electron chi connectivity index (χ1n) is 11.7. The van der Waals surface area contributed by atoms with Crippen molar-refractivity contribution in [3.05, 3.63) is 71.9 Å². The lowest BCUT2D eigenvalue weighted by Crippen LogP contribution is -2.41. The highest BCUT2D eigenvalue weighted by Gasteiger charge is 2.32. The van der Waals surface area contributed by atoms with E-state index in [1.165, 1.54) is 23.4 Å². The molecule has 1 fully saturated rings. The molecule has 2 aromatic carbocycles. The van der Waals surface area contributed by atoms with Gasteiger partial charge in [-0.3, -0.25) is 9.59 Å². The van der Waals surface area contributed by atoms with Gasteiger partial charge in [0, 0.05) is 55.8 Å². The zero-order chi connectivity index (χ0) is 23.2. The Morgan fingerprint density at radius 3 is 2.42 bits per heavy atom. The van der Waals surface area contributed by atoms with E-state index in [4.69, 9.17) is 9.47 Å². The van der Waals surface area contributed by atoms with Crippen LogP contribution in [0, 0.1) is 0 Å². The molecule has 1 aliphatic heterocycles. The standard InChI is InChI=1S/C27H32N2O4/c1-3-32-18-17-29-19-24(23-11-7-8-12-25(23)29)21-13-15-28(16-14-21)27(31)26(33-20(2)30)22-9-5-4-6-10-22/h4-12,19,21,26H,3,13-18H2,1-2H3. The molecular weight excluding hydrogens is 416 g/mol. The van der Waals surface area contributed by atoms with Crippen LogP contribution in [-0.4, -0.2) is 47.6 Å². The predicted octanol–water partition coefficient (Wildman–Crippen LogP) is 4.69. The third kappa shape index (κ3) is 5.28. The number of hydrogen-bond acceptors (Lipinski definition) is 4. The summed E-state index contributed by atoms with van der Waals surface area (Å²) in [6, 6.07) is 17.8. The summed E-state index contributed by atoms with van der Waals surface area (Å²) in [5.41, 5.74) is 3.27. The Bertz CT molecular complexity index is 1080. The number of para-hydroxylation sites is 1. The summed E-state index contributed by atoms with van der Waals surface area (Å²) in [6.07, 6.45) is 3.14. The summed E-state index contributed by atoms with van der Waals surface area (Å²) >= 11 is 0. The molecule has 2 heterocycles. The second-order valence-corrected chi connectivity index (χ2v) is 8.49. The molecule has 0 radical (unpaired) electrons. The lowest BCUT2D eigenvalue weighted by Gasteiger charge is -2.34. The molecule has 4 rings (SSSR count). The van der Waals surface area contributed by atoms with Crippen LogP contribution in [0.5, 0.6) is 0 Å². The molecule has 0 spiro atoms. The minimum absolute atomic E-state index is 0.144. The number of fused-ring (bicyclic) bond motifs is 1. The molecule has 0 aliphatic carbocycles. The number of carbonyl (C=O) groups excluding carboxylic acids is 2. The monoisotopic (exact) mass is 448 g/mol. The van der Waals surface area contributed by atoms with Crippen molar-refractivity contribution >= 4 is 22.8 Å². The Morgan fingerprint density at radius 2 is 1.73 bits per heavy atom. The summed E-state index contributed by atoms with van der Waals surface area (Å²) in [7, 11) is 0. The predicted molar refractivity (Wildman–Crippen MR) is 128 cm³/mol. The van der Waals surface area contributed by atoms with Gasteiger partial charge in [0.05, 0.1) is 6.61 Å². The van der Waals surface area contributed by atoms with E-state index in [-0.39, 0.29) is 5.91 Å². The van der Waals surface area contributed by atoms with E-state index in [1.807, 2.05) is 42.2 Å². The normalized spacial score (nSPS) is 15.5. The number of ether oxygens (including phenoxy) is 2. The van der Waals surface area contributed by atoms with Crippen LogP contribution in [0.3, 0.4) is 0 Å². The fraction of sp³-hybridized carbons (Fsp3) is 0.407. The van der Waals surface area contributed by atoms with Crippen LogP contribution in [0.15, 0.2) is 60.8 Å². The Balaban J connectivity index is 1.48. The van der Waals surface area contributed by atoms with Gasteiger partial charge in [-0.15, -0.1) is 0 Å². The quantitative estimate of drug-likeness (QED) is 0.371.